The second kappa shape index (κ2) is 10.9. The first kappa shape index (κ1) is 11.7. The molecule has 56 valence electrons. The minimum absolute atomic E-state index is 0. The summed E-state index contributed by atoms with van der Waals surface area (Å²) >= 11 is 0. The van der Waals surface area contributed by atoms with Gasteiger partial charge in [0, 0.05) is 0 Å². The second-order valence-electron chi connectivity index (χ2n) is 1.32. The SMILES string of the molecule is Cl.N=CN.c1ccccc1. The maximum atomic E-state index is 5.86. The van der Waals surface area contributed by atoms with Crippen molar-refractivity contribution >= 4 is 18.7 Å². The highest BCUT2D eigenvalue weighted by atomic mass is 35.5. The van der Waals surface area contributed by atoms with Crippen LogP contribution in [0.1, 0.15) is 0 Å². The Morgan fingerprint density at radius 3 is 1.10 bits per heavy atom. The number of hydrogen-bond acceptors (Lipinski definition) is 1. The van der Waals surface area contributed by atoms with Gasteiger partial charge in [-0.2, -0.15) is 0 Å². The average Bonchev–Trinajstić information content (AvgIpc) is 1.93. The number of rotatable bonds is 0. The third-order valence-corrected chi connectivity index (χ3v) is 0.667. The maximum absolute atomic E-state index is 5.86. The van der Waals surface area contributed by atoms with Crippen LogP contribution in [0.5, 0.6) is 0 Å². The van der Waals surface area contributed by atoms with E-state index in [9.17, 15) is 0 Å². The lowest BCUT2D eigenvalue weighted by molar-refractivity contribution is 1.52. The number of hydrogen-bond donors (Lipinski definition) is 2. The third-order valence-electron chi connectivity index (χ3n) is 0.667. The van der Waals surface area contributed by atoms with Crippen molar-refractivity contribution in [1.82, 2.24) is 0 Å². The van der Waals surface area contributed by atoms with Crippen LogP contribution in [0.25, 0.3) is 0 Å². The van der Waals surface area contributed by atoms with Gasteiger partial charge in [-0.3, -0.25) is 5.41 Å². The van der Waals surface area contributed by atoms with Crippen LogP contribution in [0.2, 0.25) is 0 Å². The number of halogens is 1. The van der Waals surface area contributed by atoms with Crippen molar-refractivity contribution in [3.63, 3.8) is 0 Å². The normalized spacial score (nSPS) is 6.00. The Balaban J connectivity index is 0. The van der Waals surface area contributed by atoms with Gasteiger partial charge in [0.15, 0.2) is 0 Å². The van der Waals surface area contributed by atoms with E-state index >= 15 is 0 Å². The Labute approximate surface area is 67.0 Å². The molecule has 10 heavy (non-hydrogen) atoms. The van der Waals surface area contributed by atoms with Gasteiger partial charge in [-0.1, -0.05) is 36.4 Å². The fourth-order valence-electron chi connectivity index (χ4n) is 0.385. The van der Waals surface area contributed by atoms with Crippen molar-refractivity contribution in [2.24, 2.45) is 5.73 Å². The third kappa shape index (κ3) is 10.1. The fraction of sp³-hybridized carbons (Fsp3) is 0. The Bertz CT molecular complexity index is 115. The summed E-state index contributed by atoms with van der Waals surface area (Å²) in [6, 6.07) is 12.0. The van der Waals surface area contributed by atoms with E-state index in [2.05, 4.69) is 5.73 Å². The second-order valence-corrected chi connectivity index (χ2v) is 1.32. The predicted octanol–water partition coefficient (Wildman–Crippen LogP) is 1.66. The van der Waals surface area contributed by atoms with Gasteiger partial charge in [0.05, 0.1) is 6.34 Å². The monoisotopic (exact) mass is 158 g/mol. The summed E-state index contributed by atoms with van der Waals surface area (Å²) in [5.74, 6) is 0. The van der Waals surface area contributed by atoms with Crippen LogP contribution in [0.4, 0.5) is 0 Å². The smallest absolute Gasteiger partial charge is 0.0765 e. The van der Waals surface area contributed by atoms with Crippen LogP contribution in [-0.2, 0) is 0 Å². The first-order chi connectivity index (χ1) is 4.41. The molecule has 3 heteroatoms. The molecule has 0 saturated carbocycles. The number of nitrogens with one attached hydrogen (secondary N) is 1. The van der Waals surface area contributed by atoms with Crippen molar-refractivity contribution in [2.45, 2.75) is 0 Å². The van der Waals surface area contributed by atoms with E-state index < -0.39 is 0 Å². The Morgan fingerprint density at radius 2 is 1.00 bits per heavy atom. The standard InChI is InChI=1S/C6H6.CH4N2.ClH/c1-2-4-6-5-3-1;2-1-3;/h1-6H;1H,(H3,2,3);1H. The van der Waals surface area contributed by atoms with Crippen LogP contribution >= 0.6 is 12.4 Å². The molecule has 0 saturated heterocycles. The molecule has 0 heterocycles. The average molecular weight is 159 g/mol. The maximum Gasteiger partial charge on any atom is 0.0765 e. The van der Waals surface area contributed by atoms with Gasteiger partial charge in [-0.05, 0) is 0 Å². The van der Waals surface area contributed by atoms with Crippen molar-refractivity contribution in [1.29, 1.82) is 5.41 Å². The zero-order chi connectivity index (χ0) is 6.95. The summed E-state index contributed by atoms with van der Waals surface area (Å²) in [6.45, 7) is 0. The summed E-state index contributed by atoms with van der Waals surface area (Å²) in [5.41, 5.74) is 4.39. The van der Waals surface area contributed by atoms with Gasteiger partial charge in [0.25, 0.3) is 0 Å². The molecule has 1 rings (SSSR count). The molecule has 1 aromatic carbocycles. The van der Waals surface area contributed by atoms with Gasteiger partial charge >= 0.3 is 0 Å². The molecule has 0 aliphatic heterocycles. The molecule has 0 bridgehead atoms. The molecule has 0 spiro atoms. The molecule has 0 radical (unpaired) electrons. The predicted molar refractivity (Wildman–Crippen MR) is 46.7 cm³/mol. The largest absolute Gasteiger partial charge is 0.390 e. The topological polar surface area (TPSA) is 49.9 Å². The lowest BCUT2D eigenvalue weighted by Gasteiger charge is -1.69. The quantitative estimate of drug-likeness (QED) is 0.438. The summed E-state index contributed by atoms with van der Waals surface area (Å²) in [4.78, 5) is 0. The fourth-order valence-corrected chi connectivity index (χ4v) is 0.385. The number of nitrogens with two attached hydrogens (primary N) is 1. The molecule has 0 aliphatic rings. The van der Waals surface area contributed by atoms with Crippen molar-refractivity contribution in [3.8, 4) is 0 Å². The lowest BCUT2D eigenvalue weighted by atomic mass is 10.4. The van der Waals surface area contributed by atoms with Gasteiger partial charge in [0.2, 0.25) is 0 Å². The molecular weight excluding hydrogens is 148 g/mol. The van der Waals surface area contributed by atoms with Gasteiger partial charge in [-0.15, -0.1) is 12.4 Å². The van der Waals surface area contributed by atoms with Crippen LogP contribution < -0.4 is 5.73 Å². The molecule has 1 aromatic rings. The molecule has 0 amide bonds. The van der Waals surface area contributed by atoms with Gasteiger partial charge in [0.1, 0.15) is 0 Å². The summed E-state index contributed by atoms with van der Waals surface area (Å²) in [5, 5.41) is 5.86. The lowest BCUT2D eigenvalue weighted by Crippen LogP contribution is -1.81. The zero-order valence-corrected chi connectivity index (χ0v) is 6.34. The van der Waals surface area contributed by atoms with E-state index in [0.717, 1.165) is 6.34 Å². The molecule has 0 aliphatic carbocycles. The summed E-state index contributed by atoms with van der Waals surface area (Å²) in [7, 11) is 0. The van der Waals surface area contributed by atoms with Gasteiger partial charge in [-0.25, -0.2) is 0 Å². The van der Waals surface area contributed by atoms with Crippen LogP contribution in [0.15, 0.2) is 36.4 Å². The van der Waals surface area contributed by atoms with Crippen molar-refractivity contribution in [3.05, 3.63) is 36.4 Å². The zero-order valence-electron chi connectivity index (χ0n) is 5.53. The highest BCUT2D eigenvalue weighted by Gasteiger charge is 1.57. The van der Waals surface area contributed by atoms with Crippen molar-refractivity contribution < 1.29 is 0 Å². The molecule has 0 unspecified atom stereocenters. The summed E-state index contributed by atoms with van der Waals surface area (Å²) < 4.78 is 0. The van der Waals surface area contributed by atoms with E-state index in [4.69, 9.17) is 5.41 Å². The first-order valence-corrected chi connectivity index (χ1v) is 2.62. The molecule has 2 nitrogen and oxygen atoms in total. The Kier molecular flexibility index (Phi) is 12.8. The molecule has 3 N–H and O–H groups in total. The van der Waals surface area contributed by atoms with Crippen LogP contribution in [0, 0.1) is 5.41 Å². The minimum atomic E-state index is 0. The molecule has 0 fully saturated rings. The molecule has 0 aromatic heterocycles. The van der Waals surface area contributed by atoms with Crippen LogP contribution in [0.3, 0.4) is 0 Å². The first-order valence-electron chi connectivity index (χ1n) is 2.62. The van der Waals surface area contributed by atoms with E-state index in [0.29, 0.717) is 0 Å². The van der Waals surface area contributed by atoms with Crippen molar-refractivity contribution in [2.75, 3.05) is 0 Å². The van der Waals surface area contributed by atoms with E-state index in [-0.39, 0.29) is 12.4 Å². The highest BCUT2D eigenvalue weighted by molar-refractivity contribution is 5.85. The number of benzene rings is 1. The highest BCUT2D eigenvalue weighted by Crippen LogP contribution is 1.79. The van der Waals surface area contributed by atoms with E-state index in [1.807, 2.05) is 36.4 Å². The van der Waals surface area contributed by atoms with Gasteiger partial charge < -0.3 is 5.73 Å². The Morgan fingerprint density at radius 1 is 0.900 bits per heavy atom. The molecular formula is C7H11ClN2. The molecule has 0 atom stereocenters. The Hall–Kier alpha value is -1.02. The summed E-state index contributed by atoms with van der Waals surface area (Å²) in [6.07, 6.45) is 0.750. The van der Waals surface area contributed by atoms with E-state index in [1.165, 1.54) is 0 Å². The minimum Gasteiger partial charge on any atom is -0.390 e. The van der Waals surface area contributed by atoms with E-state index in [1.54, 1.807) is 0 Å². The van der Waals surface area contributed by atoms with Crippen LogP contribution in [-0.4, -0.2) is 6.34 Å².